The van der Waals surface area contributed by atoms with E-state index in [2.05, 4.69) is 10.2 Å². The largest absolute Gasteiger partial charge is 0.323 e. The summed E-state index contributed by atoms with van der Waals surface area (Å²) in [4.78, 5) is 14.9. The second kappa shape index (κ2) is 7.77. The fourth-order valence-corrected chi connectivity index (χ4v) is 4.31. The van der Waals surface area contributed by atoms with Gasteiger partial charge in [-0.15, -0.1) is 0 Å². The Hall–Kier alpha value is -1.56. The Morgan fingerprint density at radius 3 is 2.60 bits per heavy atom. The lowest BCUT2D eigenvalue weighted by Gasteiger charge is -2.41. The van der Waals surface area contributed by atoms with Crippen LogP contribution in [0.25, 0.3) is 0 Å². The summed E-state index contributed by atoms with van der Waals surface area (Å²) in [6.07, 6.45) is 2.87. The molecule has 1 amide bonds. The maximum absolute atomic E-state index is 13.9. The fraction of sp³-hybridized carbons (Fsp3) is 0.632. The van der Waals surface area contributed by atoms with Crippen molar-refractivity contribution >= 4 is 11.6 Å². The molecule has 1 saturated carbocycles. The van der Waals surface area contributed by atoms with Crippen molar-refractivity contribution in [1.29, 1.82) is 0 Å². The van der Waals surface area contributed by atoms with Crippen LogP contribution in [-0.4, -0.2) is 37.1 Å². The molecule has 0 radical (unpaired) electrons. The third-order valence-electron chi connectivity index (χ3n) is 5.72. The van der Waals surface area contributed by atoms with E-state index in [4.69, 9.17) is 0 Å². The molecular formula is C19H25F3N2O. The molecule has 1 aromatic rings. The normalized spacial score (nSPS) is 30.9. The molecule has 1 N–H and O–H groups in total. The van der Waals surface area contributed by atoms with Gasteiger partial charge in [-0.3, -0.25) is 4.79 Å². The Morgan fingerprint density at radius 2 is 1.88 bits per heavy atom. The number of alkyl halides is 1. The molecule has 3 nitrogen and oxygen atoms in total. The lowest BCUT2D eigenvalue weighted by atomic mass is 9.70. The molecule has 0 unspecified atom stereocenters. The SMILES string of the molecule is CN1CC[C@@H](C2CCC(F)CC2)[C@H](C(=O)Nc2cccc(F)c2F)C1. The lowest BCUT2D eigenvalue weighted by Crippen LogP contribution is -2.47. The standard InChI is InChI=1S/C19H25F3N2O/c1-24-10-9-14(12-5-7-13(20)8-6-12)15(11-24)19(25)23-17-4-2-3-16(21)18(17)22/h2-4,12-15H,5-11H2,1H3,(H,23,25)/t12?,13?,14-,15+/m0/s1. The van der Waals surface area contributed by atoms with Crippen LogP contribution in [0.1, 0.15) is 32.1 Å². The number of nitrogens with zero attached hydrogens (tertiary/aromatic N) is 1. The van der Waals surface area contributed by atoms with Gasteiger partial charge in [0.05, 0.1) is 11.6 Å². The number of hydrogen-bond acceptors (Lipinski definition) is 2. The number of benzene rings is 1. The van der Waals surface area contributed by atoms with E-state index in [9.17, 15) is 18.0 Å². The van der Waals surface area contributed by atoms with Crippen LogP contribution in [0.4, 0.5) is 18.9 Å². The van der Waals surface area contributed by atoms with Crippen molar-refractivity contribution in [2.24, 2.45) is 17.8 Å². The second-order valence-corrected chi connectivity index (χ2v) is 7.42. The summed E-state index contributed by atoms with van der Waals surface area (Å²) in [5, 5.41) is 2.56. The van der Waals surface area contributed by atoms with E-state index in [1.54, 1.807) is 0 Å². The molecule has 0 spiro atoms. The molecule has 2 fully saturated rings. The zero-order chi connectivity index (χ0) is 18.0. The van der Waals surface area contributed by atoms with Crippen LogP contribution in [0.15, 0.2) is 18.2 Å². The molecule has 2 atom stereocenters. The van der Waals surface area contributed by atoms with E-state index in [0.717, 1.165) is 31.9 Å². The topological polar surface area (TPSA) is 32.3 Å². The van der Waals surface area contributed by atoms with Gasteiger partial charge < -0.3 is 10.2 Å². The molecule has 138 valence electrons. The Morgan fingerprint density at radius 1 is 1.16 bits per heavy atom. The van der Waals surface area contributed by atoms with Crippen molar-refractivity contribution in [3.8, 4) is 0 Å². The van der Waals surface area contributed by atoms with Crippen molar-refractivity contribution in [3.05, 3.63) is 29.8 Å². The van der Waals surface area contributed by atoms with Crippen molar-refractivity contribution < 1.29 is 18.0 Å². The zero-order valence-corrected chi connectivity index (χ0v) is 14.5. The number of carbonyl (C=O) groups excluding carboxylic acids is 1. The number of nitrogens with one attached hydrogen (secondary N) is 1. The fourth-order valence-electron chi connectivity index (χ4n) is 4.31. The molecule has 2 aliphatic rings. The summed E-state index contributed by atoms with van der Waals surface area (Å²) < 4.78 is 40.7. The maximum atomic E-state index is 13.9. The van der Waals surface area contributed by atoms with Crippen LogP contribution in [0.3, 0.4) is 0 Å². The molecule has 1 aliphatic heterocycles. The van der Waals surface area contributed by atoms with Gasteiger partial charge >= 0.3 is 0 Å². The lowest BCUT2D eigenvalue weighted by molar-refractivity contribution is -0.124. The first-order valence-electron chi connectivity index (χ1n) is 9.03. The van der Waals surface area contributed by atoms with Gasteiger partial charge in [0.25, 0.3) is 0 Å². The van der Waals surface area contributed by atoms with Gasteiger partial charge in [0.2, 0.25) is 5.91 Å². The van der Waals surface area contributed by atoms with Gasteiger partial charge in [-0.1, -0.05) is 6.07 Å². The average molecular weight is 354 g/mol. The molecular weight excluding hydrogens is 329 g/mol. The third kappa shape index (κ3) is 4.17. The smallest absolute Gasteiger partial charge is 0.229 e. The molecule has 3 rings (SSSR count). The first-order valence-corrected chi connectivity index (χ1v) is 9.03. The van der Waals surface area contributed by atoms with Gasteiger partial charge in [0, 0.05) is 6.54 Å². The number of likely N-dealkylation sites (tertiary alicyclic amines) is 1. The summed E-state index contributed by atoms with van der Waals surface area (Å²) >= 11 is 0. The minimum atomic E-state index is -1.03. The Bertz CT molecular complexity index is 617. The number of anilines is 1. The second-order valence-electron chi connectivity index (χ2n) is 7.42. The van der Waals surface area contributed by atoms with Crippen LogP contribution in [-0.2, 0) is 4.79 Å². The van der Waals surface area contributed by atoms with Crippen molar-refractivity contribution in [2.75, 3.05) is 25.5 Å². The summed E-state index contributed by atoms with van der Waals surface area (Å²) in [5.74, 6) is -2.08. The first-order chi connectivity index (χ1) is 12.0. The molecule has 1 aromatic carbocycles. The van der Waals surface area contributed by atoms with Gasteiger partial charge in [0.15, 0.2) is 11.6 Å². The van der Waals surface area contributed by atoms with E-state index in [1.807, 2.05) is 7.05 Å². The van der Waals surface area contributed by atoms with Crippen LogP contribution in [0, 0.1) is 29.4 Å². The quantitative estimate of drug-likeness (QED) is 0.890. The van der Waals surface area contributed by atoms with Gasteiger partial charge in [0.1, 0.15) is 6.17 Å². The van der Waals surface area contributed by atoms with Gasteiger partial charge in [-0.25, -0.2) is 13.2 Å². The maximum Gasteiger partial charge on any atom is 0.229 e. The minimum absolute atomic E-state index is 0.121. The number of halogens is 3. The van der Waals surface area contributed by atoms with E-state index >= 15 is 0 Å². The van der Waals surface area contributed by atoms with Crippen molar-refractivity contribution in [2.45, 2.75) is 38.3 Å². The van der Waals surface area contributed by atoms with Crippen molar-refractivity contribution in [3.63, 3.8) is 0 Å². The highest BCUT2D eigenvalue weighted by molar-refractivity contribution is 5.93. The van der Waals surface area contributed by atoms with E-state index in [1.165, 1.54) is 12.1 Å². The van der Waals surface area contributed by atoms with Gasteiger partial charge in [-0.05, 0) is 69.7 Å². The van der Waals surface area contributed by atoms with E-state index in [0.29, 0.717) is 25.3 Å². The van der Waals surface area contributed by atoms with Crippen LogP contribution in [0.2, 0.25) is 0 Å². The molecule has 1 saturated heterocycles. The highest BCUT2D eigenvalue weighted by Gasteiger charge is 2.39. The highest BCUT2D eigenvalue weighted by Crippen LogP contribution is 2.39. The molecule has 0 bridgehead atoms. The van der Waals surface area contributed by atoms with Crippen molar-refractivity contribution in [1.82, 2.24) is 4.90 Å². The van der Waals surface area contributed by atoms with Gasteiger partial charge in [-0.2, -0.15) is 0 Å². The Labute approximate surface area is 146 Å². The Balaban J connectivity index is 1.73. The number of rotatable bonds is 3. The number of carbonyl (C=O) groups is 1. The van der Waals surface area contributed by atoms with E-state index in [-0.39, 0.29) is 23.4 Å². The number of amides is 1. The molecule has 1 aliphatic carbocycles. The van der Waals surface area contributed by atoms with Crippen LogP contribution in [0.5, 0.6) is 0 Å². The Kier molecular flexibility index (Phi) is 5.67. The summed E-state index contributed by atoms with van der Waals surface area (Å²) in [6, 6.07) is 3.77. The molecule has 25 heavy (non-hydrogen) atoms. The predicted molar refractivity (Wildman–Crippen MR) is 90.9 cm³/mol. The zero-order valence-electron chi connectivity index (χ0n) is 14.5. The third-order valence-corrected chi connectivity index (χ3v) is 5.72. The predicted octanol–water partition coefficient (Wildman–Crippen LogP) is 4.00. The molecule has 1 heterocycles. The number of piperidine rings is 1. The summed E-state index contributed by atoms with van der Waals surface area (Å²) in [5.41, 5.74) is -0.121. The summed E-state index contributed by atoms with van der Waals surface area (Å²) in [6.45, 7) is 1.49. The summed E-state index contributed by atoms with van der Waals surface area (Å²) in [7, 11) is 1.96. The van der Waals surface area contributed by atoms with Crippen LogP contribution >= 0.6 is 0 Å². The van der Waals surface area contributed by atoms with E-state index < -0.39 is 17.8 Å². The minimum Gasteiger partial charge on any atom is -0.323 e. The number of hydrogen-bond donors (Lipinski definition) is 1. The first kappa shape index (κ1) is 18.2. The average Bonchev–Trinajstić information content (AvgIpc) is 2.60. The highest BCUT2D eigenvalue weighted by atomic mass is 19.2. The molecule has 6 heteroatoms. The van der Waals surface area contributed by atoms with Crippen LogP contribution < -0.4 is 5.32 Å². The monoisotopic (exact) mass is 354 g/mol. The molecule has 0 aromatic heterocycles.